The summed E-state index contributed by atoms with van der Waals surface area (Å²) in [5.41, 5.74) is 46.4. The molecule has 0 aromatic heterocycles. The van der Waals surface area contributed by atoms with Gasteiger partial charge in [0.1, 0.15) is 30.5 Å². The number of likely N-dealkylation sites (N-methyl/N-ethyl adjacent to an activating group) is 1. The van der Waals surface area contributed by atoms with E-state index in [1.165, 1.54) is 126 Å². The van der Waals surface area contributed by atoms with Crippen molar-refractivity contribution in [3.05, 3.63) is 232 Å². The number of esters is 2. The van der Waals surface area contributed by atoms with Crippen molar-refractivity contribution < 1.29 is 81.7 Å². The number of hydrogen-bond acceptors (Lipinski definition) is 22. The van der Waals surface area contributed by atoms with Gasteiger partial charge >= 0.3 is 11.9 Å². The van der Waals surface area contributed by atoms with Crippen molar-refractivity contribution in [1.29, 1.82) is 0 Å². The lowest BCUT2D eigenvalue weighted by Gasteiger charge is -2.36. The zero-order valence-electron chi connectivity index (χ0n) is 96.9. The zero-order chi connectivity index (χ0) is 111. The Labute approximate surface area is 883 Å². The molecule has 0 aliphatic heterocycles. The summed E-state index contributed by atoms with van der Waals surface area (Å²) in [6.07, 6.45) is 56.5. The van der Waals surface area contributed by atoms with Crippen LogP contribution in [0.3, 0.4) is 0 Å². The summed E-state index contributed by atoms with van der Waals surface area (Å²) < 4.78 is 42.9. The molecule has 22 nitrogen and oxygen atoms in total. The molecule has 0 saturated carbocycles. The van der Waals surface area contributed by atoms with Gasteiger partial charge in [-0.3, -0.25) is 33.6 Å². The third kappa shape index (κ3) is 48.1. The molecule has 22 heteroatoms. The Kier molecular flexibility index (Phi) is 66.4. The third-order valence-corrected chi connectivity index (χ3v) is 28.2. The SMILES string of the molecule is CCOC1=C(N)[C@@H](O)[C@@H](C/C=C(\C)CC/C=C(\C)CCC=C(C)C)[C@H](CC)C1=O.CC[C@@H]1C(=O)C(OC)=C(N)[C@@H](OC(C)=O)[C@H]1C/C=C(\C)CC/C=C(\C)CCC=C(C)C.CNC1=C(OC)C(=O)[C@@H](C)[C@H](C/C=C(\C)CC/C=C(\C)CCC=C(C)C)[C@@H]1O.COC1=C(N)[C@@H](OC(C)=O)[C@@H](C/C=C(\C)CC/C=C(\C)CCC=C(C)C)[C@H](C)C1=O.COC1=C(N)[C@@H](OC)[C@@H](C/C=C(\C)CC/C=C(\C)CCC=C(C)C)[C@H](C)C1=O. The van der Waals surface area contributed by atoms with Crippen molar-refractivity contribution in [1.82, 2.24) is 5.32 Å². The van der Waals surface area contributed by atoms with Gasteiger partial charge in [-0.2, -0.15) is 0 Å². The van der Waals surface area contributed by atoms with E-state index in [2.05, 4.69) is 235 Å². The second-order valence-corrected chi connectivity index (χ2v) is 42.0. The maximum atomic E-state index is 12.8. The fourth-order valence-corrected chi connectivity index (χ4v) is 19.0. The van der Waals surface area contributed by atoms with Gasteiger partial charge in [0.15, 0.2) is 28.8 Å². The van der Waals surface area contributed by atoms with E-state index in [4.69, 9.17) is 60.8 Å². The minimum atomic E-state index is -0.833. The molecule has 0 heterocycles. The van der Waals surface area contributed by atoms with Crippen molar-refractivity contribution in [3.63, 3.8) is 0 Å². The number of hydrogen-bond donors (Lipinski definition) is 7. The number of methoxy groups -OCH3 is 5. The second-order valence-electron chi connectivity index (χ2n) is 42.0. The Morgan fingerprint density at radius 2 is 0.527 bits per heavy atom. The van der Waals surface area contributed by atoms with Crippen LogP contribution in [0.4, 0.5) is 0 Å². The lowest BCUT2D eigenvalue weighted by atomic mass is 9.74. The summed E-state index contributed by atoms with van der Waals surface area (Å²) in [5.74, 6) is -2.25. The molecule has 0 amide bonds. The average Bonchev–Trinajstić information content (AvgIpc) is 0.798. The normalized spacial score (nSPS) is 23.2. The predicted molar refractivity (Wildman–Crippen MR) is 602 cm³/mol. The number of carbonyl (C=O) groups is 7. The molecule has 0 bridgehead atoms. The molecule has 15 atom stereocenters. The highest BCUT2D eigenvalue weighted by Crippen LogP contribution is 2.42. The fraction of sp³-hybridized carbons (Fsp3) is 0.621. The zero-order valence-corrected chi connectivity index (χ0v) is 96.9. The molecule has 0 aromatic carbocycles. The Hall–Kier alpha value is -10.0. The van der Waals surface area contributed by atoms with Crippen LogP contribution in [0.5, 0.6) is 0 Å². The maximum absolute atomic E-state index is 12.8. The van der Waals surface area contributed by atoms with Crippen molar-refractivity contribution >= 4 is 40.9 Å². The molecule has 0 spiro atoms. The van der Waals surface area contributed by atoms with E-state index < -0.39 is 36.4 Å². The summed E-state index contributed by atoms with van der Waals surface area (Å²) in [6.45, 7) is 57.4. The number of aliphatic hydroxyl groups is 2. The first kappa shape index (κ1) is 134. The van der Waals surface area contributed by atoms with Gasteiger partial charge in [-0.05, 0) is 319 Å². The number of nitrogens with one attached hydrogen (secondary N) is 1. The minimum Gasteiger partial charge on any atom is -0.491 e. The topological polar surface area (TPSA) is 350 Å². The fourth-order valence-electron chi connectivity index (χ4n) is 19.0. The lowest BCUT2D eigenvalue weighted by Crippen LogP contribution is -2.45. The Morgan fingerprint density at radius 1 is 0.295 bits per heavy atom. The largest absolute Gasteiger partial charge is 0.491 e. The van der Waals surface area contributed by atoms with Crippen molar-refractivity contribution in [2.24, 2.45) is 82.1 Å². The molecule has 5 aliphatic rings. The van der Waals surface area contributed by atoms with Gasteiger partial charge < -0.3 is 76.4 Å². The van der Waals surface area contributed by atoms with Crippen LogP contribution in [0.2, 0.25) is 0 Å². The van der Waals surface area contributed by atoms with Gasteiger partial charge in [-0.1, -0.05) is 209 Å². The summed E-state index contributed by atoms with van der Waals surface area (Å²) in [5, 5.41) is 24.3. The molecular formula is C124H199N5O17. The van der Waals surface area contributed by atoms with Gasteiger partial charge in [-0.15, -0.1) is 0 Å². The number of rotatable bonds is 52. The third-order valence-electron chi connectivity index (χ3n) is 28.2. The van der Waals surface area contributed by atoms with Gasteiger partial charge in [0.25, 0.3) is 0 Å². The van der Waals surface area contributed by atoms with Gasteiger partial charge in [-0.25, -0.2) is 0 Å². The van der Waals surface area contributed by atoms with E-state index in [1.807, 2.05) is 41.5 Å². The molecule has 0 fully saturated rings. The summed E-state index contributed by atoms with van der Waals surface area (Å²) in [6, 6.07) is 0. The molecule has 0 saturated heterocycles. The predicted octanol–water partition coefficient (Wildman–Crippen LogP) is 27.3. The van der Waals surface area contributed by atoms with Gasteiger partial charge in [0, 0.05) is 87.2 Å². The molecule has 0 radical (unpaired) electrons. The number of aliphatic hydroxyl groups excluding tert-OH is 2. The van der Waals surface area contributed by atoms with Gasteiger partial charge in [0.2, 0.25) is 28.9 Å². The first-order valence-corrected chi connectivity index (χ1v) is 53.7. The number of Topliss-reactive ketones (excluding diaryl/α,β-unsaturated/α-hetero) is 5. The highest BCUT2D eigenvalue weighted by atomic mass is 16.6. The second kappa shape index (κ2) is 72.4. The first-order chi connectivity index (χ1) is 68.9. The molecule has 146 heavy (non-hydrogen) atoms. The number of nitrogens with two attached hydrogens (primary N) is 4. The molecule has 0 aromatic rings. The number of ketones is 5. The highest BCUT2D eigenvalue weighted by Gasteiger charge is 2.48. The van der Waals surface area contributed by atoms with Crippen LogP contribution < -0.4 is 28.3 Å². The van der Waals surface area contributed by atoms with Crippen LogP contribution in [0.25, 0.3) is 0 Å². The first-order valence-electron chi connectivity index (χ1n) is 53.7. The number of ether oxygens (including phenoxy) is 8. The van der Waals surface area contributed by atoms with E-state index >= 15 is 0 Å². The van der Waals surface area contributed by atoms with Crippen LogP contribution in [-0.4, -0.2) is 131 Å². The molecule has 0 unspecified atom stereocenters. The molecule has 822 valence electrons. The van der Waals surface area contributed by atoms with E-state index in [1.54, 1.807) is 14.2 Å². The molecule has 5 rings (SSSR count). The number of allylic oxidation sites excluding steroid dienone is 35. The van der Waals surface area contributed by atoms with Crippen LogP contribution in [-0.2, 0) is 71.5 Å². The smallest absolute Gasteiger partial charge is 0.303 e. The van der Waals surface area contributed by atoms with Crippen LogP contribution in [0, 0.1) is 59.2 Å². The van der Waals surface area contributed by atoms with E-state index in [9.17, 15) is 43.8 Å². The van der Waals surface area contributed by atoms with E-state index in [0.29, 0.717) is 56.5 Å². The average molecular weight is 2030 g/mol. The number of carbonyl (C=O) groups excluding carboxylic acids is 7. The van der Waals surface area contributed by atoms with E-state index in [-0.39, 0.29) is 140 Å². The van der Waals surface area contributed by atoms with Crippen LogP contribution in [0.1, 0.15) is 367 Å². The van der Waals surface area contributed by atoms with Crippen molar-refractivity contribution in [3.8, 4) is 0 Å². The lowest BCUT2D eigenvalue weighted by molar-refractivity contribution is -0.151. The molecule has 11 N–H and O–H groups in total. The Bertz CT molecular complexity index is 4850. The van der Waals surface area contributed by atoms with Crippen molar-refractivity contribution in [2.75, 3.05) is 49.2 Å². The van der Waals surface area contributed by atoms with Gasteiger partial charge in [0.05, 0.1) is 63.5 Å². The van der Waals surface area contributed by atoms with E-state index in [0.717, 1.165) is 135 Å². The monoisotopic (exact) mass is 2030 g/mol. The maximum Gasteiger partial charge on any atom is 0.303 e. The molecular weight excluding hydrogens is 1830 g/mol. The summed E-state index contributed by atoms with van der Waals surface area (Å²) in [7, 11) is 9.15. The Balaban J connectivity index is 0.000000913. The van der Waals surface area contributed by atoms with Crippen molar-refractivity contribution in [2.45, 2.75) is 398 Å². The molecule has 5 aliphatic carbocycles. The van der Waals surface area contributed by atoms with Crippen LogP contribution >= 0.6 is 0 Å². The minimum absolute atomic E-state index is 0.0284. The standard InChI is InChI=1S/C26H41NO4.C25H39NO4.C25H41NO3.2C24H39NO3/c1-8-21-22(25(31-20(6)28)23(27)26(30-7)24(21)29)16-15-19(5)14-10-13-18(4)12-9-11-17(2)3;1-16(2)10-8-11-17(3)12-9-13-18(4)14-15-21-19(5)23(28)25(29-7)22(26)24(21)30-20(6)27;1-7-20-21(23(27)22(26)25(24(20)28)29-8-2)16-15-19(6)14-10-13-18(5)12-9-11-17(3)4;1-16(2)10-8-11-17(3)12-9-13-18(4)14-15-20-19(5)22(26)24(28-7)21(25)23(20)27-6;1-16(2)10-8-11-17(3)12-9-13-18(4)14-15-20-19(5)22(26)24(28-7)21(25-6)23(20)27/h11,13,15,21-22,25H,8-10,12,14,16,27H2,1-7H3;10,12,14,19,21,24H,8-9,11,13,15,26H2,1-7H3;11,13,15,20-21,23,27H,7-10,12,14,16,26H2,1-6H3;10,12,14,19-20,23H,8-9,11,13,15,25H2,1-7H3;10,12,14,19-20,23,25,27H,8-9,11,13,15H2,1-7H3/b18-13+,19-15+;17-12+,18-14+;18-13+,19-15+;2*17-12+,18-14+/t21-,22-,25-;19-,21-,24-;20-,21-,23-;2*19-,20-,23-/m00000/s1. The highest BCUT2D eigenvalue weighted by molar-refractivity contribution is 6.00. The Morgan fingerprint density at radius 3 is 0.801 bits per heavy atom. The van der Waals surface area contributed by atoms with Crippen LogP contribution in [0.15, 0.2) is 232 Å². The summed E-state index contributed by atoms with van der Waals surface area (Å²) in [4.78, 5) is 86.5. The summed E-state index contributed by atoms with van der Waals surface area (Å²) >= 11 is 0. The quantitative estimate of drug-likeness (QED) is 0.0220.